The number of nitrogens with zero attached hydrogens (tertiary/aromatic N) is 3. The lowest BCUT2D eigenvalue weighted by molar-refractivity contribution is 0.373. The van der Waals surface area contributed by atoms with Gasteiger partial charge >= 0.3 is 0 Å². The van der Waals surface area contributed by atoms with Crippen LogP contribution >= 0.6 is 22.6 Å². The summed E-state index contributed by atoms with van der Waals surface area (Å²) >= 11 is 1.67. The monoisotopic (exact) mass is 437 g/mol. The molecule has 0 fully saturated rings. The predicted octanol–water partition coefficient (Wildman–Crippen LogP) is 4.23. The lowest BCUT2D eigenvalue weighted by Gasteiger charge is -2.08. The molecule has 0 atom stereocenters. The predicted molar refractivity (Wildman–Crippen MR) is 79.3 cm³/mol. The van der Waals surface area contributed by atoms with E-state index < -0.39 is 34.8 Å². The third kappa shape index (κ3) is 2.48. The first-order chi connectivity index (χ1) is 10.9. The van der Waals surface area contributed by atoms with Gasteiger partial charge in [0.15, 0.2) is 23.3 Å². The van der Waals surface area contributed by atoms with Crippen LogP contribution in [0.5, 0.6) is 0 Å². The Labute approximate surface area is 139 Å². The summed E-state index contributed by atoms with van der Waals surface area (Å²) < 4.78 is 68.2. The molecule has 1 heterocycles. The summed E-state index contributed by atoms with van der Waals surface area (Å²) in [7, 11) is 0. The van der Waals surface area contributed by atoms with Crippen molar-refractivity contribution >= 4 is 22.6 Å². The van der Waals surface area contributed by atoms with Crippen LogP contribution in [-0.4, -0.2) is 15.0 Å². The summed E-state index contributed by atoms with van der Waals surface area (Å²) in [6.07, 6.45) is 0. The first-order valence-electron chi connectivity index (χ1n) is 6.12. The highest BCUT2D eigenvalue weighted by Crippen LogP contribution is 2.30. The molecule has 2 aromatic carbocycles. The van der Waals surface area contributed by atoms with Gasteiger partial charge < -0.3 is 0 Å². The molecule has 0 saturated carbocycles. The zero-order valence-corrected chi connectivity index (χ0v) is 13.2. The van der Waals surface area contributed by atoms with Gasteiger partial charge in [-0.25, -0.2) is 26.6 Å². The van der Waals surface area contributed by atoms with Gasteiger partial charge in [0.1, 0.15) is 15.1 Å². The Morgan fingerprint density at radius 2 is 1.30 bits per heavy atom. The summed E-state index contributed by atoms with van der Waals surface area (Å²) in [6.45, 7) is 0. The van der Waals surface area contributed by atoms with E-state index in [0.29, 0.717) is 10.2 Å². The Bertz CT molecular complexity index is 866. The van der Waals surface area contributed by atoms with Crippen molar-refractivity contribution in [2.45, 2.75) is 0 Å². The van der Waals surface area contributed by atoms with Crippen molar-refractivity contribution in [3.63, 3.8) is 0 Å². The molecule has 0 aliphatic heterocycles. The van der Waals surface area contributed by atoms with E-state index in [9.17, 15) is 22.0 Å². The highest BCUT2D eigenvalue weighted by molar-refractivity contribution is 14.1. The maximum Gasteiger partial charge on any atom is 0.200 e. The van der Waals surface area contributed by atoms with E-state index in [4.69, 9.17) is 0 Å². The first-order valence-corrected chi connectivity index (χ1v) is 7.19. The number of benzene rings is 2. The van der Waals surface area contributed by atoms with Crippen LogP contribution in [0.15, 0.2) is 30.3 Å². The molecule has 0 spiro atoms. The molecule has 0 bridgehead atoms. The summed E-state index contributed by atoms with van der Waals surface area (Å²) in [5.74, 6) is -10.2. The molecule has 0 aliphatic carbocycles. The topological polar surface area (TPSA) is 30.7 Å². The minimum absolute atomic E-state index is 0.108. The van der Waals surface area contributed by atoms with Crippen LogP contribution < -0.4 is 0 Å². The summed E-state index contributed by atoms with van der Waals surface area (Å²) in [5, 5.41) is 7.28. The first kappa shape index (κ1) is 15.8. The summed E-state index contributed by atoms with van der Waals surface area (Å²) in [6, 6.07) is 8.53. The molecule has 118 valence electrons. The van der Waals surface area contributed by atoms with E-state index >= 15 is 0 Å². The molecule has 1 aromatic heterocycles. The maximum absolute atomic E-state index is 13.9. The smallest absolute Gasteiger partial charge is 0.200 e. The van der Waals surface area contributed by atoms with Crippen molar-refractivity contribution in [1.82, 2.24) is 15.0 Å². The Balaban J connectivity index is 2.24. The van der Waals surface area contributed by atoms with E-state index in [0.717, 1.165) is 0 Å². The van der Waals surface area contributed by atoms with Gasteiger partial charge in [0.2, 0.25) is 5.82 Å². The summed E-state index contributed by atoms with van der Waals surface area (Å²) in [5.41, 5.74) is -0.317. The summed E-state index contributed by atoms with van der Waals surface area (Å²) in [4.78, 5) is 0. The average molecular weight is 437 g/mol. The number of aromatic nitrogens is 3. The number of hydrogen-bond acceptors (Lipinski definition) is 2. The number of halogens is 6. The van der Waals surface area contributed by atoms with Crippen molar-refractivity contribution in [2.24, 2.45) is 0 Å². The van der Waals surface area contributed by atoms with Gasteiger partial charge in [-0.1, -0.05) is 35.5 Å². The van der Waals surface area contributed by atoms with Crippen LogP contribution in [0.1, 0.15) is 0 Å². The second kappa shape index (κ2) is 5.87. The highest BCUT2D eigenvalue weighted by Gasteiger charge is 2.29. The van der Waals surface area contributed by atoms with Crippen LogP contribution in [0.4, 0.5) is 22.0 Å². The fraction of sp³-hybridized carbons (Fsp3) is 0. The lowest BCUT2D eigenvalue weighted by Crippen LogP contribution is -2.12. The Morgan fingerprint density at radius 1 is 0.783 bits per heavy atom. The Hall–Kier alpha value is -2.04. The van der Waals surface area contributed by atoms with Gasteiger partial charge in [-0.2, -0.15) is 0 Å². The SMILES string of the molecule is Fc1c(F)c(F)c(-n2nnc(-c3ccccc3)c2I)c(F)c1F. The van der Waals surface area contributed by atoms with Crippen molar-refractivity contribution in [2.75, 3.05) is 0 Å². The van der Waals surface area contributed by atoms with Crippen molar-refractivity contribution in [3.05, 3.63) is 63.1 Å². The van der Waals surface area contributed by atoms with E-state index in [1.807, 2.05) is 0 Å². The zero-order chi connectivity index (χ0) is 16.7. The molecule has 23 heavy (non-hydrogen) atoms. The second-order valence-electron chi connectivity index (χ2n) is 4.43. The fourth-order valence-corrected chi connectivity index (χ4v) is 2.72. The highest BCUT2D eigenvalue weighted by atomic mass is 127. The van der Waals surface area contributed by atoms with Gasteiger partial charge in [0.05, 0.1) is 0 Å². The van der Waals surface area contributed by atoms with Crippen LogP contribution in [0, 0.1) is 32.8 Å². The van der Waals surface area contributed by atoms with E-state index in [1.54, 1.807) is 52.9 Å². The van der Waals surface area contributed by atoms with Gasteiger partial charge in [-0.05, 0) is 22.6 Å². The zero-order valence-electron chi connectivity index (χ0n) is 11.0. The molecule has 3 rings (SSSR count). The molecule has 0 N–H and O–H groups in total. The molecule has 0 unspecified atom stereocenters. The molecule has 3 aromatic rings. The lowest BCUT2D eigenvalue weighted by atomic mass is 10.2. The molecule has 3 nitrogen and oxygen atoms in total. The molecule has 0 radical (unpaired) electrons. The minimum Gasteiger partial charge on any atom is -0.201 e. The fourth-order valence-electron chi connectivity index (χ4n) is 1.97. The van der Waals surface area contributed by atoms with E-state index in [2.05, 4.69) is 10.3 Å². The molecule has 9 heteroatoms. The Kier molecular flexibility index (Phi) is 4.04. The van der Waals surface area contributed by atoms with Gasteiger partial charge in [-0.3, -0.25) is 0 Å². The largest absolute Gasteiger partial charge is 0.201 e. The molecular weight excluding hydrogens is 432 g/mol. The molecule has 0 saturated heterocycles. The number of hydrogen-bond donors (Lipinski definition) is 0. The van der Waals surface area contributed by atoms with Gasteiger partial charge in [0.25, 0.3) is 0 Å². The average Bonchev–Trinajstić information content (AvgIpc) is 2.94. The van der Waals surface area contributed by atoms with Crippen LogP contribution in [-0.2, 0) is 0 Å². The second-order valence-corrected chi connectivity index (χ2v) is 5.45. The standard InChI is InChI=1S/C14H5F5IN3/c15-7-8(16)10(18)13(11(19)9(7)17)23-14(20)12(21-22-23)6-4-2-1-3-5-6/h1-5H. The molecule has 0 amide bonds. The van der Waals surface area contributed by atoms with Gasteiger partial charge in [0, 0.05) is 5.56 Å². The van der Waals surface area contributed by atoms with Crippen LogP contribution in [0.3, 0.4) is 0 Å². The number of rotatable bonds is 2. The van der Waals surface area contributed by atoms with E-state index in [-0.39, 0.29) is 9.39 Å². The minimum atomic E-state index is -2.22. The Morgan fingerprint density at radius 3 is 1.87 bits per heavy atom. The third-order valence-electron chi connectivity index (χ3n) is 3.06. The third-order valence-corrected chi connectivity index (χ3v) is 4.03. The maximum atomic E-state index is 13.9. The van der Waals surface area contributed by atoms with E-state index in [1.165, 1.54) is 0 Å². The van der Waals surface area contributed by atoms with Crippen molar-refractivity contribution in [3.8, 4) is 16.9 Å². The molecule has 0 aliphatic rings. The van der Waals surface area contributed by atoms with Crippen LogP contribution in [0.25, 0.3) is 16.9 Å². The van der Waals surface area contributed by atoms with Crippen LogP contribution in [0.2, 0.25) is 0 Å². The van der Waals surface area contributed by atoms with Gasteiger partial charge in [-0.15, -0.1) is 5.10 Å². The van der Waals surface area contributed by atoms with Crippen molar-refractivity contribution < 1.29 is 22.0 Å². The normalized spacial score (nSPS) is 11.0. The molecular formula is C14H5F5IN3. The van der Waals surface area contributed by atoms with Crippen molar-refractivity contribution in [1.29, 1.82) is 0 Å². The quantitative estimate of drug-likeness (QED) is 0.260.